The number of nitriles is 1. The second-order valence-electron chi connectivity index (χ2n) is 4.19. The van der Waals surface area contributed by atoms with E-state index in [1.807, 2.05) is 31.3 Å². The van der Waals surface area contributed by atoms with E-state index >= 15 is 0 Å². The molecule has 92 valence electrons. The van der Waals surface area contributed by atoms with Crippen molar-refractivity contribution in [1.29, 1.82) is 5.26 Å². The van der Waals surface area contributed by atoms with Crippen LogP contribution in [0, 0.1) is 17.1 Å². The van der Waals surface area contributed by atoms with Crippen LogP contribution in [0.2, 0.25) is 0 Å². The normalized spacial score (nSPS) is 10.1. The lowest BCUT2D eigenvalue weighted by atomic mass is 10.2. The summed E-state index contributed by atoms with van der Waals surface area (Å²) >= 11 is 0. The number of halogens is 1. The van der Waals surface area contributed by atoms with Crippen molar-refractivity contribution < 1.29 is 4.39 Å². The maximum Gasteiger partial charge on any atom is 0.126 e. The predicted octanol–water partition coefficient (Wildman–Crippen LogP) is 2.07. The molecule has 0 aliphatic heterocycles. The average molecular weight is 244 g/mol. The molecule has 1 heterocycles. The Morgan fingerprint density at radius 2 is 2.22 bits per heavy atom. The fourth-order valence-corrected chi connectivity index (χ4v) is 1.78. The molecule has 0 spiro atoms. The number of hydrogen-bond donors (Lipinski definition) is 0. The Labute approximate surface area is 105 Å². The van der Waals surface area contributed by atoms with Crippen molar-refractivity contribution in [3.8, 4) is 6.07 Å². The molecule has 0 radical (unpaired) electrons. The van der Waals surface area contributed by atoms with Crippen LogP contribution >= 0.6 is 0 Å². The molecular weight excluding hydrogens is 231 g/mol. The third-order valence-electron chi connectivity index (χ3n) is 2.63. The molecule has 18 heavy (non-hydrogen) atoms. The number of hydrogen-bond acceptors (Lipinski definition) is 3. The van der Waals surface area contributed by atoms with Crippen LogP contribution in [0.3, 0.4) is 0 Å². The van der Waals surface area contributed by atoms with E-state index in [4.69, 9.17) is 5.26 Å². The van der Waals surface area contributed by atoms with Crippen LogP contribution in [0.5, 0.6) is 0 Å². The Morgan fingerprint density at radius 3 is 2.83 bits per heavy atom. The number of anilines is 1. The molecule has 2 aromatic rings. The number of aryl methyl sites for hydroxylation is 1. The van der Waals surface area contributed by atoms with Gasteiger partial charge in [-0.25, -0.2) is 4.39 Å². The molecular formula is C13H13FN4. The smallest absolute Gasteiger partial charge is 0.126 e. The summed E-state index contributed by atoms with van der Waals surface area (Å²) in [6.07, 6.45) is 3.67. The fraction of sp³-hybridized carbons (Fsp3) is 0.231. The van der Waals surface area contributed by atoms with Crippen molar-refractivity contribution >= 4 is 5.69 Å². The van der Waals surface area contributed by atoms with Crippen molar-refractivity contribution in [2.24, 2.45) is 7.05 Å². The lowest BCUT2D eigenvalue weighted by Crippen LogP contribution is -2.16. The summed E-state index contributed by atoms with van der Waals surface area (Å²) in [7, 11) is 3.70. The molecule has 0 saturated carbocycles. The van der Waals surface area contributed by atoms with Crippen molar-refractivity contribution in [3.05, 3.63) is 47.5 Å². The van der Waals surface area contributed by atoms with Crippen LogP contribution in [-0.2, 0) is 13.6 Å². The first kappa shape index (κ1) is 12.1. The van der Waals surface area contributed by atoms with Crippen LogP contribution < -0.4 is 4.90 Å². The van der Waals surface area contributed by atoms with E-state index in [-0.39, 0.29) is 0 Å². The van der Waals surface area contributed by atoms with Crippen molar-refractivity contribution in [3.63, 3.8) is 0 Å². The topological polar surface area (TPSA) is 44.9 Å². The summed E-state index contributed by atoms with van der Waals surface area (Å²) < 4.78 is 15.0. The van der Waals surface area contributed by atoms with Crippen molar-refractivity contribution in [2.75, 3.05) is 11.9 Å². The quantitative estimate of drug-likeness (QED) is 0.830. The summed E-state index contributed by atoms with van der Waals surface area (Å²) in [5.41, 5.74) is 2.03. The first-order valence-electron chi connectivity index (χ1n) is 5.48. The average Bonchev–Trinajstić information content (AvgIpc) is 2.73. The second-order valence-corrected chi connectivity index (χ2v) is 4.19. The molecule has 0 fully saturated rings. The zero-order chi connectivity index (χ0) is 13.1. The van der Waals surface area contributed by atoms with Crippen LogP contribution in [0.25, 0.3) is 0 Å². The highest BCUT2D eigenvalue weighted by Gasteiger charge is 2.07. The molecule has 0 amide bonds. The fourth-order valence-electron chi connectivity index (χ4n) is 1.78. The largest absolute Gasteiger partial charge is 0.370 e. The first-order valence-corrected chi connectivity index (χ1v) is 5.48. The maximum absolute atomic E-state index is 13.3. The molecule has 0 unspecified atom stereocenters. The summed E-state index contributed by atoms with van der Waals surface area (Å²) in [5, 5.41) is 12.9. The van der Waals surface area contributed by atoms with Gasteiger partial charge in [0.25, 0.3) is 0 Å². The minimum Gasteiger partial charge on any atom is -0.370 e. The molecule has 0 saturated heterocycles. The molecule has 0 aliphatic rings. The van der Waals surface area contributed by atoms with Crippen LogP contribution in [0.1, 0.15) is 11.1 Å². The highest BCUT2D eigenvalue weighted by Crippen LogP contribution is 2.18. The zero-order valence-electron chi connectivity index (χ0n) is 10.3. The van der Waals surface area contributed by atoms with E-state index in [1.165, 1.54) is 12.1 Å². The predicted molar refractivity (Wildman–Crippen MR) is 66.4 cm³/mol. The lowest BCUT2D eigenvalue weighted by Gasteiger charge is -2.18. The molecule has 1 aromatic carbocycles. The summed E-state index contributed by atoms with van der Waals surface area (Å²) in [5.74, 6) is -0.401. The van der Waals surface area contributed by atoms with Crippen molar-refractivity contribution in [1.82, 2.24) is 9.78 Å². The Morgan fingerprint density at radius 1 is 1.44 bits per heavy atom. The Hall–Kier alpha value is -2.35. The second kappa shape index (κ2) is 4.88. The Balaban J connectivity index is 2.21. The van der Waals surface area contributed by atoms with Gasteiger partial charge in [0.15, 0.2) is 0 Å². The third kappa shape index (κ3) is 2.66. The van der Waals surface area contributed by atoms with Gasteiger partial charge in [0.05, 0.1) is 17.8 Å². The molecule has 0 atom stereocenters. The summed E-state index contributed by atoms with van der Waals surface area (Å²) in [6.45, 7) is 0.613. The number of nitrogens with zero attached hydrogens (tertiary/aromatic N) is 4. The van der Waals surface area contributed by atoms with Gasteiger partial charge in [0.1, 0.15) is 5.82 Å². The number of rotatable bonds is 3. The van der Waals surface area contributed by atoms with Gasteiger partial charge >= 0.3 is 0 Å². The monoisotopic (exact) mass is 244 g/mol. The SMILES string of the molecule is CN(Cc1cnn(C)c1)c1cc(F)cc(C#N)c1. The molecule has 1 aromatic heterocycles. The van der Waals surface area contributed by atoms with E-state index in [1.54, 1.807) is 16.9 Å². The van der Waals surface area contributed by atoms with Gasteiger partial charge in [0, 0.05) is 38.1 Å². The molecule has 0 N–H and O–H groups in total. The highest BCUT2D eigenvalue weighted by atomic mass is 19.1. The van der Waals surface area contributed by atoms with E-state index in [2.05, 4.69) is 5.10 Å². The van der Waals surface area contributed by atoms with Crippen LogP contribution in [0.4, 0.5) is 10.1 Å². The van der Waals surface area contributed by atoms with Gasteiger partial charge in [-0.15, -0.1) is 0 Å². The van der Waals surface area contributed by atoms with Gasteiger partial charge in [-0.05, 0) is 18.2 Å². The van der Waals surface area contributed by atoms with E-state index in [0.717, 1.165) is 5.56 Å². The van der Waals surface area contributed by atoms with Crippen LogP contribution in [0.15, 0.2) is 30.6 Å². The molecule has 5 heteroatoms. The third-order valence-corrected chi connectivity index (χ3v) is 2.63. The van der Waals surface area contributed by atoms with Gasteiger partial charge in [-0.3, -0.25) is 4.68 Å². The van der Waals surface area contributed by atoms with Gasteiger partial charge in [-0.2, -0.15) is 10.4 Å². The lowest BCUT2D eigenvalue weighted by molar-refractivity contribution is 0.626. The van der Waals surface area contributed by atoms with E-state index in [9.17, 15) is 4.39 Å². The minimum absolute atomic E-state index is 0.322. The highest BCUT2D eigenvalue weighted by molar-refractivity contribution is 5.51. The molecule has 2 rings (SSSR count). The Bertz CT molecular complexity index is 597. The maximum atomic E-state index is 13.3. The summed E-state index contributed by atoms with van der Waals surface area (Å²) in [4.78, 5) is 1.88. The Kier molecular flexibility index (Phi) is 3.28. The first-order chi connectivity index (χ1) is 8.58. The molecule has 0 aliphatic carbocycles. The summed E-state index contributed by atoms with van der Waals surface area (Å²) in [6, 6.07) is 6.25. The molecule has 0 bridgehead atoms. The number of benzene rings is 1. The minimum atomic E-state index is -0.401. The van der Waals surface area contributed by atoms with Gasteiger partial charge in [-0.1, -0.05) is 0 Å². The number of aromatic nitrogens is 2. The zero-order valence-corrected chi connectivity index (χ0v) is 10.3. The van der Waals surface area contributed by atoms with Crippen LogP contribution in [-0.4, -0.2) is 16.8 Å². The van der Waals surface area contributed by atoms with Gasteiger partial charge < -0.3 is 4.90 Å². The van der Waals surface area contributed by atoms with E-state index < -0.39 is 5.82 Å². The van der Waals surface area contributed by atoms with E-state index in [0.29, 0.717) is 17.8 Å². The molecule has 4 nitrogen and oxygen atoms in total. The standard InChI is InChI=1S/C13H13FN4/c1-17(8-11-7-16-18(2)9-11)13-4-10(6-15)3-12(14)5-13/h3-5,7,9H,8H2,1-2H3. The van der Waals surface area contributed by atoms with Crippen molar-refractivity contribution in [2.45, 2.75) is 6.54 Å². The van der Waals surface area contributed by atoms with Gasteiger partial charge in [0.2, 0.25) is 0 Å².